The van der Waals surface area contributed by atoms with Crippen LogP contribution in [0.4, 0.5) is 0 Å². The first-order chi connectivity index (χ1) is 2.56. The van der Waals surface area contributed by atoms with Gasteiger partial charge in [0.2, 0.25) is 0 Å². The molecule has 0 spiro atoms. The van der Waals surface area contributed by atoms with Crippen molar-refractivity contribution < 1.29 is 122 Å². The van der Waals surface area contributed by atoms with E-state index < -0.39 is 13.9 Å². The molecule has 0 aliphatic heterocycles. The van der Waals surface area contributed by atoms with Crippen LogP contribution in [0.25, 0.3) is 0 Å². The molecule has 0 aliphatic carbocycles. The molecule has 0 atom stereocenters. The predicted octanol–water partition coefficient (Wildman–Crippen LogP) is -8.14. The molecule has 1 N–H and O–H groups in total. The predicted molar refractivity (Wildman–Crippen MR) is 14.7 cm³/mol. The van der Waals surface area contributed by atoms with Crippen molar-refractivity contribution in [2.24, 2.45) is 0 Å². The van der Waals surface area contributed by atoms with Crippen LogP contribution in [0.5, 0.6) is 0 Å². The summed E-state index contributed by atoms with van der Waals surface area (Å²) in [5, 5.41) is 7.51. The van der Waals surface area contributed by atoms with Crippen molar-refractivity contribution in [2.45, 2.75) is 0 Å². The first kappa shape index (κ1) is 17.5. The fraction of sp³-hybridized carbons (Fsp3) is 1.00. The molecule has 0 saturated carbocycles. The van der Waals surface area contributed by atoms with Crippen molar-refractivity contribution in [1.82, 2.24) is 0 Å². The van der Waals surface area contributed by atoms with Gasteiger partial charge in [-0.15, -0.1) is 0 Å². The van der Waals surface area contributed by atoms with Gasteiger partial charge in [0, 0.05) is 0 Å². The summed E-state index contributed by atoms with van der Waals surface area (Å²) in [5.74, 6) is 0. The zero-order chi connectivity index (χ0) is 5.21. The van der Waals surface area contributed by atoms with E-state index in [1.54, 1.807) is 0 Å². The van der Waals surface area contributed by atoms with Crippen molar-refractivity contribution in [1.29, 1.82) is 0 Å². The maximum Gasteiger partial charge on any atom is 1.00 e. The number of hydrogen-bond donors (Lipinski definition) is 1. The van der Waals surface area contributed by atoms with Crippen molar-refractivity contribution in [2.75, 3.05) is 6.35 Å². The summed E-state index contributed by atoms with van der Waals surface area (Å²) in [5.41, 5.74) is 0. The van der Waals surface area contributed by atoms with Gasteiger partial charge in [-0.2, -0.15) is 0 Å². The molecule has 0 aromatic heterocycles. The SMILES string of the molecule is O=P([O-])([O-])CO.[K+].[K+]. The fourth-order valence-electron chi connectivity index (χ4n) is 0. The second kappa shape index (κ2) is 8.48. The number of hydrogen-bond acceptors (Lipinski definition) is 4. The van der Waals surface area contributed by atoms with E-state index in [-0.39, 0.29) is 103 Å². The van der Waals surface area contributed by atoms with Crippen LogP contribution in [-0.2, 0) is 4.57 Å². The van der Waals surface area contributed by atoms with E-state index >= 15 is 0 Å². The number of aliphatic hydroxyl groups excluding tert-OH is 1. The molecule has 0 fully saturated rings. The van der Waals surface area contributed by atoms with Gasteiger partial charge in [-0.1, -0.05) is 0 Å². The van der Waals surface area contributed by atoms with Gasteiger partial charge in [0.05, 0.1) is 6.35 Å². The van der Waals surface area contributed by atoms with Gasteiger partial charge in [-0.25, -0.2) is 0 Å². The summed E-state index contributed by atoms with van der Waals surface area (Å²) in [6, 6.07) is 0. The Morgan fingerprint density at radius 2 is 1.50 bits per heavy atom. The van der Waals surface area contributed by atoms with Gasteiger partial charge < -0.3 is 19.5 Å². The number of aliphatic hydroxyl groups is 1. The standard InChI is InChI=1S/CH5O4P.2K/c2-1-6(3,4)5;;/h2H,1H2,(H2,3,4,5);;/q;2*+1/p-2. The fourth-order valence-corrected chi connectivity index (χ4v) is 0. The van der Waals surface area contributed by atoms with Crippen molar-refractivity contribution in [3.05, 3.63) is 0 Å². The van der Waals surface area contributed by atoms with Gasteiger partial charge in [0.1, 0.15) is 0 Å². The van der Waals surface area contributed by atoms with E-state index in [4.69, 9.17) is 5.11 Å². The van der Waals surface area contributed by atoms with Crippen LogP contribution in [0, 0.1) is 0 Å². The molecule has 0 radical (unpaired) electrons. The van der Waals surface area contributed by atoms with Crippen LogP contribution in [0.2, 0.25) is 0 Å². The maximum absolute atomic E-state index is 9.22. The van der Waals surface area contributed by atoms with Crippen molar-refractivity contribution >= 4 is 7.60 Å². The third kappa shape index (κ3) is 16.2. The Labute approximate surface area is 132 Å². The summed E-state index contributed by atoms with van der Waals surface area (Å²) < 4.78 is 9.22. The van der Waals surface area contributed by atoms with Gasteiger partial charge in [-0.05, 0) is 7.60 Å². The maximum atomic E-state index is 9.22. The monoisotopic (exact) mass is 188 g/mol. The zero-order valence-corrected chi connectivity index (χ0v) is 12.0. The third-order valence-corrected chi connectivity index (χ3v) is 0.520. The molecule has 38 valence electrons. The average Bonchev–Trinajstić information content (AvgIpc) is 1.35. The molecule has 0 bridgehead atoms. The molecule has 0 unspecified atom stereocenters. The van der Waals surface area contributed by atoms with Crippen LogP contribution >= 0.6 is 7.60 Å². The average molecular weight is 188 g/mol. The zero-order valence-electron chi connectivity index (χ0n) is 4.83. The van der Waals surface area contributed by atoms with Crippen LogP contribution in [0.3, 0.4) is 0 Å². The smallest absolute Gasteiger partial charge is 0.809 e. The van der Waals surface area contributed by atoms with Gasteiger partial charge in [0.15, 0.2) is 0 Å². The molecule has 0 amide bonds. The van der Waals surface area contributed by atoms with Gasteiger partial charge in [-0.3, -0.25) is 0 Å². The Morgan fingerprint density at radius 1 is 1.38 bits per heavy atom. The Kier molecular flexibility index (Phi) is 18.5. The van der Waals surface area contributed by atoms with E-state index in [0.29, 0.717) is 0 Å². The van der Waals surface area contributed by atoms with E-state index in [2.05, 4.69) is 0 Å². The molecule has 8 heavy (non-hydrogen) atoms. The normalized spacial score (nSPS) is 8.88. The molecule has 0 heterocycles. The van der Waals surface area contributed by atoms with Crippen molar-refractivity contribution in [3.63, 3.8) is 0 Å². The first-order valence-electron chi connectivity index (χ1n) is 1.18. The summed E-state index contributed by atoms with van der Waals surface area (Å²) in [6.07, 6.45) is -1.28. The van der Waals surface area contributed by atoms with E-state index in [1.807, 2.05) is 0 Å². The minimum atomic E-state index is -4.59. The summed E-state index contributed by atoms with van der Waals surface area (Å²) in [4.78, 5) is 18.4. The Morgan fingerprint density at radius 3 is 1.50 bits per heavy atom. The molecule has 0 saturated heterocycles. The summed E-state index contributed by atoms with van der Waals surface area (Å²) >= 11 is 0. The minimum absolute atomic E-state index is 0. The Balaban J connectivity index is -0.000000125. The molecular weight excluding hydrogens is 185 g/mol. The minimum Gasteiger partial charge on any atom is -0.809 e. The number of rotatable bonds is 1. The van der Waals surface area contributed by atoms with Crippen LogP contribution in [0.1, 0.15) is 0 Å². The van der Waals surface area contributed by atoms with Crippen LogP contribution in [-0.4, -0.2) is 11.5 Å². The van der Waals surface area contributed by atoms with E-state index in [9.17, 15) is 14.4 Å². The largest absolute Gasteiger partial charge is 1.00 e. The first-order valence-corrected chi connectivity index (χ1v) is 2.91. The second-order valence-electron chi connectivity index (χ2n) is 0.752. The summed E-state index contributed by atoms with van der Waals surface area (Å²) in [6.45, 7) is 0. The summed E-state index contributed by atoms with van der Waals surface area (Å²) in [7, 11) is -4.59. The molecular formula is CH3K2O4P. The van der Waals surface area contributed by atoms with Crippen LogP contribution < -0.4 is 113 Å². The topological polar surface area (TPSA) is 83.4 Å². The molecule has 4 nitrogen and oxygen atoms in total. The van der Waals surface area contributed by atoms with E-state index in [1.165, 1.54) is 0 Å². The van der Waals surface area contributed by atoms with E-state index in [0.717, 1.165) is 0 Å². The second-order valence-corrected chi connectivity index (χ2v) is 2.26. The Hall–Kier alpha value is 3.38. The molecule has 0 aromatic rings. The third-order valence-electron chi connectivity index (χ3n) is 0.173. The Bertz CT molecular complexity index is 78.1. The molecule has 0 aromatic carbocycles. The van der Waals surface area contributed by atoms with Gasteiger partial charge in [0.25, 0.3) is 0 Å². The van der Waals surface area contributed by atoms with Crippen molar-refractivity contribution in [3.8, 4) is 0 Å². The molecule has 0 rings (SSSR count). The molecule has 0 aliphatic rings. The quantitative estimate of drug-likeness (QED) is 0.327. The van der Waals surface area contributed by atoms with Crippen LogP contribution in [0.15, 0.2) is 0 Å². The molecule has 7 heteroatoms. The van der Waals surface area contributed by atoms with Gasteiger partial charge >= 0.3 is 103 Å².